The van der Waals surface area contributed by atoms with Gasteiger partial charge in [-0.05, 0) is 74.5 Å². The minimum atomic E-state index is -0.212. The predicted molar refractivity (Wildman–Crippen MR) is 97.5 cm³/mol. The van der Waals surface area contributed by atoms with E-state index in [-0.39, 0.29) is 16.9 Å². The van der Waals surface area contributed by atoms with Gasteiger partial charge in [-0.25, -0.2) is 0 Å². The Morgan fingerprint density at radius 1 is 0.957 bits per heavy atom. The molecule has 1 nitrogen and oxygen atoms in total. The van der Waals surface area contributed by atoms with Crippen molar-refractivity contribution in [1.29, 1.82) is 0 Å². The summed E-state index contributed by atoms with van der Waals surface area (Å²) in [4.78, 5) is 0. The molecular formula is C22H32O. The number of aliphatic hydroxyl groups excluding tert-OH is 1. The van der Waals surface area contributed by atoms with Crippen molar-refractivity contribution in [1.82, 2.24) is 0 Å². The van der Waals surface area contributed by atoms with Crippen molar-refractivity contribution in [3.8, 4) is 0 Å². The number of hydrogen-bond donors (Lipinski definition) is 1. The molecule has 2 bridgehead atoms. The van der Waals surface area contributed by atoms with Crippen LogP contribution in [0.25, 0.3) is 0 Å². The summed E-state index contributed by atoms with van der Waals surface area (Å²) in [5, 5.41) is 11.1. The Morgan fingerprint density at radius 2 is 1.48 bits per heavy atom. The molecule has 1 aromatic rings. The van der Waals surface area contributed by atoms with Crippen molar-refractivity contribution in [2.45, 2.75) is 67.4 Å². The average molecular weight is 312 g/mol. The highest BCUT2D eigenvalue weighted by Crippen LogP contribution is 2.70. The van der Waals surface area contributed by atoms with E-state index in [1.54, 1.807) is 0 Å². The molecule has 1 aromatic carbocycles. The first-order valence-electron chi connectivity index (χ1n) is 9.08. The van der Waals surface area contributed by atoms with Crippen LogP contribution in [0.4, 0.5) is 0 Å². The highest BCUT2D eigenvalue weighted by Gasteiger charge is 2.67. The van der Waals surface area contributed by atoms with Crippen LogP contribution >= 0.6 is 0 Å². The van der Waals surface area contributed by atoms with Crippen molar-refractivity contribution in [3.63, 3.8) is 0 Å². The van der Waals surface area contributed by atoms with Crippen LogP contribution in [0.15, 0.2) is 29.3 Å². The number of aliphatic hydroxyl groups is 1. The van der Waals surface area contributed by atoms with Crippen molar-refractivity contribution in [2.75, 3.05) is 0 Å². The Balaban J connectivity index is 1.91. The minimum Gasteiger partial charge on any atom is -0.392 e. The molecule has 0 radical (unpaired) electrons. The van der Waals surface area contributed by atoms with Gasteiger partial charge in [-0.1, -0.05) is 50.1 Å². The van der Waals surface area contributed by atoms with E-state index in [4.69, 9.17) is 0 Å². The molecule has 0 heterocycles. The van der Waals surface area contributed by atoms with Crippen molar-refractivity contribution >= 4 is 0 Å². The molecule has 1 fully saturated rings. The van der Waals surface area contributed by atoms with E-state index in [1.165, 1.54) is 27.8 Å². The van der Waals surface area contributed by atoms with Crippen LogP contribution in [-0.2, 0) is 6.42 Å². The summed E-state index contributed by atoms with van der Waals surface area (Å²) in [5.41, 5.74) is 7.32. The molecule has 0 spiro atoms. The van der Waals surface area contributed by atoms with Crippen LogP contribution in [0.1, 0.15) is 57.7 Å². The summed E-state index contributed by atoms with van der Waals surface area (Å²) in [6.45, 7) is 16.0. The monoisotopic (exact) mass is 312 g/mol. The van der Waals surface area contributed by atoms with Gasteiger partial charge < -0.3 is 5.11 Å². The number of allylic oxidation sites excluding steroid dienone is 1. The second kappa shape index (κ2) is 5.21. The first-order valence-corrected chi connectivity index (χ1v) is 9.08. The van der Waals surface area contributed by atoms with Crippen LogP contribution < -0.4 is 0 Å². The molecule has 126 valence electrons. The fourth-order valence-electron chi connectivity index (χ4n) is 5.90. The van der Waals surface area contributed by atoms with Crippen LogP contribution in [-0.4, -0.2) is 11.2 Å². The van der Waals surface area contributed by atoms with E-state index in [9.17, 15) is 5.11 Å². The molecule has 0 aromatic heterocycles. The first-order chi connectivity index (χ1) is 10.7. The Morgan fingerprint density at radius 3 is 2.00 bits per heavy atom. The lowest BCUT2D eigenvalue weighted by molar-refractivity contribution is 0.0302. The smallest absolute Gasteiger partial charge is 0.0670 e. The van der Waals surface area contributed by atoms with E-state index < -0.39 is 0 Å². The molecule has 2 aliphatic carbocycles. The van der Waals surface area contributed by atoms with Crippen molar-refractivity contribution in [3.05, 3.63) is 46.0 Å². The second-order valence-electron chi connectivity index (χ2n) is 8.50. The third-order valence-electron chi connectivity index (χ3n) is 8.09. The fourth-order valence-corrected chi connectivity index (χ4v) is 5.90. The van der Waals surface area contributed by atoms with Crippen LogP contribution in [0.3, 0.4) is 0 Å². The quantitative estimate of drug-likeness (QED) is 0.758. The SMILES string of the molecule is CC1=C(C)C2(C)C(CCc3c(C)cccc3C)C(O)C1(C)C2C. The summed E-state index contributed by atoms with van der Waals surface area (Å²) in [5.74, 6) is 0.887. The maximum atomic E-state index is 11.1. The van der Waals surface area contributed by atoms with E-state index in [0.717, 1.165) is 12.8 Å². The first kappa shape index (κ1) is 16.8. The Labute approximate surface area is 141 Å². The fraction of sp³-hybridized carbons (Fsp3) is 0.636. The van der Waals surface area contributed by atoms with Gasteiger partial charge in [-0.3, -0.25) is 0 Å². The van der Waals surface area contributed by atoms with Gasteiger partial charge in [-0.15, -0.1) is 0 Å². The zero-order valence-electron chi connectivity index (χ0n) is 15.8. The number of benzene rings is 1. The summed E-state index contributed by atoms with van der Waals surface area (Å²) in [7, 11) is 0. The molecule has 2 aliphatic rings. The Kier molecular flexibility index (Phi) is 3.80. The molecule has 1 N–H and O–H groups in total. The number of fused-ring (bicyclic) bond motifs is 2. The van der Waals surface area contributed by atoms with Crippen LogP contribution in [0.2, 0.25) is 0 Å². The van der Waals surface area contributed by atoms with Gasteiger partial charge in [-0.2, -0.15) is 0 Å². The summed E-state index contributed by atoms with van der Waals surface area (Å²) in [6.07, 6.45) is 1.94. The zero-order chi connectivity index (χ0) is 17.2. The summed E-state index contributed by atoms with van der Waals surface area (Å²) in [6, 6.07) is 6.56. The largest absolute Gasteiger partial charge is 0.392 e. The molecule has 1 heteroatoms. The molecule has 0 aliphatic heterocycles. The van der Waals surface area contributed by atoms with Crippen LogP contribution in [0.5, 0.6) is 0 Å². The minimum absolute atomic E-state index is 0.0374. The maximum absolute atomic E-state index is 11.1. The molecule has 0 saturated heterocycles. The number of rotatable bonds is 3. The summed E-state index contributed by atoms with van der Waals surface area (Å²) >= 11 is 0. The standard InChI is InChI=1S/C22H32O/c1-13-9-8-10-14(2)18(13)11-12-19-20(23)22(7)16(4)15(3)21(19,6)17(22)5/h8-10,17,19-20,23H,11-12H2,1-7H3. The van der Waals surface area contributed by atoms with Gasteiger partial charge in [0.15, 0.2) is 0 Å². The zero-order valence-corrected chi connectivity index (χ0v) is 15.8. The van der Waals surface area contributed by atoms with Gasteiger partial charge in [0, 0.05) is 5.41 Å². The lowest BCUT2D eigenvalue weighted by atomic mass is 9.67. The molecular weight excluding hydrogens is 280 g/mol. The molecule has 23 heavy (non-hydrogen) atoms. The number of aryl methyl sites for hydroxylation is 2. The lowest BCUT2D eigenvalue weighted by Gasteiger charge is -2.39. The molecule has 0 amide bonds. The highest BCUT2D eigenvalue weighted by atomic mass is 16.3. The second-order valence-corrected chi connectivity index (χ2v) is 8.50. The third-order valence-corrected chi connectivity index (χ3v) is 8.09. The van der Waals surface area contributed by atoms with Gasteiger partial charge >= 0.3 is 0 Å². The van der Waals surface area contributed by atoms with E-state index in [1.807, 2.05) is 0 Å². The third kappa shape index (κ3) is 1.95. The van der Waals surface area contributed by atoms with Crippen LogP contribution in [0, 0.1) is 36.5 Å². The topological polar surface area (TPSA) is 20.2 Å². The highest BCUT2D eigenvalue weighted by molar-refractivity contribution is 5.42. The Bertz CT molecular complexity index is 650. The average Bonchev–Trinajstić information content (AvgIpc) is 2.73. The predicted octanol–water partition coefficient (Wildman–Crippen LogP) is 5.23. The lowest BCUT2D eigenvalue weighted by Crippen LogP contribution is -2.38. The Hall–Kier alpha value is -1.08. The molecule has 5 unspecified atom stereocenters. The van der Waals surface area contributed by atoms with E-state index >= 15 is 0 Å². The van der Waals surface area contributed by atoms with Gasteiger partial charge in [0.2, 0.25) is 0 Å². The molecule has 3 rings (SSSR count). The maximum Gasteiger partial charge on any atom is 0.0670 e. The molecule has 1 saturated carbocycles. The number of hydrogen-bond acceptors (Lipinski definition) is 1. The van der Waals surface area contributed by atoms with Crippen molar-refractivity contribution in [2.24, 2.45) is 22.7 Å². The van der Waals surface area contributed by atoms with Crippen molar-refractivity contribution < 1.29 is 5.11 Å². The molecule has 5 atom stereocenters. The van der Waals surface area contributed by atoms with E-state index in [0.29, 0.717) is 11.8 Å². The summed E-state index contributed by atoms with van der Waals surface area (Å²) < 4.78 is 0. The van der Waals surface area contributed by atoms with Gasteiger partial charge in [0.05, 0.1) is 6.10 Å². The van der Waals surface area contributed by atoms with Gasteiger partial charge in [0.1, 0.15) is 0 Å². The normalized spacial score (nSPS) is 39.4. The van der Waals surface area contributed by atoms with E-state index in [2.05, 4.69) is 66.7 Å². The van der Waals surface area contributed by atoms with Gasteiger partial charge in [0.25, 0.3) is 0 Å².